The molecule has 1 aliphatic rings. The molecule has 0 saturated heterocycles. The molecule has 0 aromatic carbocycles. The topological polar surface area (TPSA) is 26.3 Å². The second-order valence-electron chi connectivity index (χ2n) is 6.94. The van der Waals surface area contributed by atoms with Crippen molar-refractivity contribution in [3.63, 3.8) is 0 Å². The Balaban J connectivity index is 2.29. The van der Waals surface area contributed by atoms with Gasteiger partial charge in [-0.2, -0.15) is 0 Å². The van der Waals surface area contributed by atoms with Crippen molar-refractivity contribution >= 4 is 14.0 Å². The zero-order valence-corrected chi connectivity index (χ0v) is 13.1. The third kappa shape index (κ3) is 5.24. The lowest BCUT2D eigenvalue weighted by molar-refractivity contribution is -0.150. The third-order valence-electron chi connectivity index (χ3n) is 4.03. The predicted molar refractivity (Wildman–Crippen MR) is 74.8 cm³/mol. The molecular formula is C14H28O2Si. The van der Waals surface area contributed by atoms with Gasteiger partial charge in [-0.05, 0) is 37.1 Å². The van der Waals surface area contributed by atoms with Crippen LogP contribution in [0.5, 0.6) is 0 Å². The summed E-state index contributed by atoms with van der Waals surface area (Å²) in [5.74, 6) is 1.66. The first-order chi connectivity index (χ1) is 7.79. The number of ether oxygens (including phenoxy) is 1. The van der Waals surface area contributed by atoms with Crippen molar-refractivity contribution in [1.82, 2.24) is 0 Å². The van der Waals surface area contributed by atoms with E-state index < -0.39 is 8.07 Å². The van der Waals surface area contributed by atoms with Gasteiger partial charge < -0.3 is 4.74 Å². The molecule has 1 rings (SSSR count). The Morgan fingerprint density at radius 3 is 2.35 bits per heavy atom. The van der Waals surface area contributed by atoms with E-state index in [4.69, 9.17) is 4.74 Å². The van der Waals surface area contributed by atoms with Gasteiger partial charge in [0, 0.05) is 8.07 Å². The van der Waals surface area contributed by atoms with Gasteiger partial charge in [0.1, 0.15) is 0 Å². The monoisotopic (exact) mass is 256 g/mol. The van der Waals surface area contributed by atoms with Crippen molar-refractivity contribution in [2.45, 2.75) is 58.8 Å². The number of hydrogen-bond acceptors (Lipinski definition) is 2. The smallest absolute Gasteiger partial charge is 0.308 e. The fourth-order valence-electron chi connectivity index (χ4n) is 2.34. The van der Waals surface area contributed by atoms with Crippen LogP contribution in [0.1, 0.15) is 33.1 Å². The van der Waals surface area contributed by atoms with Crippen LogP contribution in [0.25, 0.3) is 0 Å². The van der Waals surface area contributed by atoms with Crippen LogP contribution in [-0.4, -0.2) is 20.7 Å². The van der Waals surface area contributed by atoms with E-state index in [0.717, 1.165) is 24.8 Å². The Labute approximate surface area is 107 Å². The van der Waals surface area contributed by atoms with Crippen molar-refractivity contribution in [1.29, 1.82) is 0 Å². The molecule has 0 radical (unpaired) electrons. The highest BCUT2D eigenvalue weighted by Crippen LogP contribution is 2.33. The van der Waals surface area contributed by atoms with Gasteiger partial charge in [-0.15, -0.1) is 0 Å². The maximum atomic E-state index is 11.9. The summed E-state index contributed by atoms with van der Waals surface area (Å²) in [5, 5.41) is 0. The maximum Gasteiger partial charge on any atom is 0.308 e. The SMILES string of the molecule is CC1CCC(C(=O)OCC[Si](C)(C)C)CC1C. The fraction of sp³-hybridized carbons (Fsp3) is 0.929. The van der Waals surface area contributed by atoms with Crippen LogP contribution in [0.15, 0.2) is 0 Å². The lowest BCUT2D eigenvalue weighted by atomic mass is 9.76. The van der Waals surface area contributed by atoms with E-state index in [1.54, 1.807) is 0 Å². The second kappa shape index (κ2) is 6.03. The number of rotatable bonds is 4. The summed E-state index contributed by atoms with van der Waals surface area (Å²) < 4.78 is 5.44. The molecule has 1 fully saturated rings. The first kappa shape index (κ1) is 14.7. The van der Waals surface area contributed by atoms with Crippen molar-refractivity contribution in [2.24, 2.45) is 17.8 Å². The largest absolute Gasteiger partial charge is 0.466 e. The molecule has 17 heavy (non-hydrogen) atoms. The molecule has 3 unspecified atom stereocenters. The van der Waals surface area contributed by atoms with Gasteiger partial charge in [-0.3, -0.25) is 4.79 Å². The van der Waals surface area contributed by atoms with Crippen LogP contribution in [-0.2, 0) is 9.53 Å². The molecule has 0 aliphatic heterocycles. The molecule has 3 atom stereocenters. The summed E-state index contributed by atoms with van der Waals surface area (Å²) in [6.45, 7) is 12.1. The highest BCUT2D eigenvalue weighted by molar-refractivity contribution is 6.76. The standard InChI is InChI=1S/C14H28O2Si/c1-11-6-7-13(10-12(11)2)14(15)16-8-9-17(3,4)5/h11-13H,6-10H2,1-5H3. The van der Waals surface area contributed by atoms with E-state index in [-0.39, 0.29) is 11.9 Å². The highest BCUT2D eigenvalue weighted by Gasteiger charge is 2.30. The minimum atomic E-state index is -1.08. The molecule has 0 N–H and O–H groups in total. The molecule has 1 saturated carbocycles. The molecule has 0 bridgehead atoms. The first-order valence-electron chi connectivity index (χ1n) is 6.96. The van der Waals surface area contributed by atoms with Gasteiger partial charge in [0.15, 0.2) is 0 Å². The lowest BCUT2D eigenvalue weighted by Crippen LogP contribution is -2.29. The summed E-state index contributed by atoms with van der Waals surface area (Å²) in [4.78, 5) is 11.9. The Morgan fingerprint density at radius 1 is 1.18 bits per heavy atom. The molecule has 0 aromatic heterocycles. The van der Waals surface area contributed by atoms with E-state index in [0.29, 0.717) is 12.5 Å². The summed E-state index contributed by atoms with van der Waals surface area (Å²) in [6.07, 6.45) is 3.22. The third-order valence-corrected chi connectivity index (χ3v) is 5.73. The normalized spacial score (nSPS) is 30.1. The van der Waals surface area contributed by atoms with Crippen LogP contribution in [0.2, 0.25) is 25.7 Å². The molecule has 1 aliphatic carbocycles. The minimum Gasteiger partial charge on any atom is -0.466 e. The molecule has 0 aromatic rings. The number of carbonyl (C=O) groups is 1. The highest BCUT2D eigenvalue weighted by atomic mass is 28.3. The van der Waals surface area contributed by atoms with E-state index in [2.05, 4.69) is 33.5 Å². The van der Waals surface area contributed by atoms with Crippen molar-refractivity contribution in [3.05, 3.63) is 0 Å². The van der Waals surface area contributed by atoms with Gasteiger partial charge in [0.25, 0.3) is 0 Å². The first-order valence-corrected chi connectivity index (χ1v) is 10.7. The molecular weight excluding hydrogens is 228 g/mol. The fourth-order valence-corrected chi connectivity index (χ4v) is 3.05. The molecule has 100 valence electrons. The van der Waals surface area contributed by atoms with E-state index >= 15 is 0 Å². The van der Waals surface area contributed by atoms with Crippen molar-refractivity contribution in [2.75, 3.05) is 6.61 Å². The van der Waals surface area contributed by atoms with Gasteiger partial charge in [0.05, 0.1) is 12.5 Å². The van der Waals surface area contributed by atoms with Crippen molar-refractivity contribution < 1.29 is 9.53 Å². The predicted octanol–water partition coefficient (Wildman–Crippen LogP) is 3.94. The van der Waals surface area contributed by atoms with E-state index in [1.807, 2.05) is 0 Å². The van der Waals surface area contributed by atoms with Crippen molar-refractivity contribution in [3.8, 4) is 0 Å². The summed E-state index contributed by atoms with van der Waals surface area (Å²) >= 11 is 0. The Kier molecular flexibility index (Phi) is 5.23. The number of carbonyl (C=O) groups excluding carboxylic acids is 1. The number of hydrogen-bond donors (Lipinski definition) is 0. The molecule has 3 heteroatoms. The maximum absolute atomic E-state index is 11.9. The molecule has 0 amide bonds. The average molecular weight is 256 g/mol. The molecule has 0 heterocycles. The Bertz CT molecular complexity index is 257. The average Bonchev–Trinajstić information content (AvgIpc) is 2.20. The summed E-state index contributed by atoms with van der Waals surface area (Å²) in [7, 11) is -1.08. The Hall–Kier alpha value is -0.313. The summed E-state index contributed by atoms with van der Waals surface area (Å²) in [6, 6.07) is 1.08. The van der Waals surface area contributed by atoms with Crippen LogP contribution in [0, 0.1) is 17.8 Å². The quantitative estimate of drug-likeness (QED) is 0.562. The van der Waals surface area contributed by atoms with Crippen LogP contribution in [0.4, 0.5) is 0 Å². The Morgan fingerprint density at radius 2 is 1.82 bits per heavy atom. The van der Waals surface area contributed by atoms with Gasteiger partial charge in [-0.25, -0.2) is 0 Å². The molecule has 0 spiro atoms. The van der Waals surface area contributed by atoms with Gasteiger partial charge in [0.2, 0.25) is 0 Å². The van der Waals surface area contributed by atoms with Crippen LogP contribution >= 0.6 is 0 Å². The second-order valence-corrected chi connectivity index (χ2v) is 12.6. The van der Waals surface area contributed by atoms with Crippen LogP contribution in [0.3, 0.4) is 0 Å². The van der Waals surface area contributed by atoms with E-state index in [1.165, 1.54) is 6.42 Å². The summed E-state index contributed by atoms with van der Waals surface area (Å²) in [5.41, 5.74) is 0. The van der Waals surface area contributed by atoms with Gasteiger partial charge >= 0.3 is 5.97 Å². The van der Waals surface area contributed by atoms with E-state index in [9.17, 15) is 4.79 Å². The lowest BCUT2D eigenvalue weighted by Gasteiger charge is -2.30. The van der Waals surface area contributed by atoms with Gasteiger partial charge in [-0.1, -0.05) is 33.5 Å². The number of esters is 1. The molecule has 2 nitrogen and oxygen atoms in total. The zero-order valence-electron chi connectivity index (χ0n) is 12.1. The minimum absolute atomic E-state index is 0.0574. The zero-order chi connectivity index (χ0) is 13.1. The van der Waals surface area contributed by atoms with Crippen LogP contribution < -0.4 is 0 Å².